The molecule has 19 heavy (non-hydrogen) atoms. The van der Waals surface area contributed by atoms with E-state index in [1.54, 1.807) is 12.1 Å². The standard InChI is InChI=1S/C14H22N4O/c1-11(10-18-8-4-5-9-18)16-14(19)12-6-2-3-7-13(12)17-15/h2-3,6-7,11,17H,4-5,8-10,15H2,1H3,(H,16,19). The molecule has 0 aliphatic carbocycles. The van der Waals surface area contributed by atoms with Crippen LogP contribution in [-0.4, -0.2) is 36.5 Å². The number of nitrogens with two attached hydrogens (primary N) is 1. The maximum absolute atomic E-state index is 12.2. The Morgan fingerprint density at radius 1 is 1.37 bits per heavy atom. The summed E-state index contributed by atoms with van der Waals surface area (Å²) in [5.74, 6) is 5.33. The van der Waals surface area contributed by atoms with Crippen molar-refractivity contribution in [2.45, 2.75) is 25.8 Å². The van der Waals surface area contributed by atoms with Crippen molar-refractivity contribution in [2.24, 2.45) is 5.84 Å². The normalized spacial score (nSPS) is 17.2. The number of hydrogen-bond donors (Lipinski definition) is 3. The molecule has 104 valence electrons. The minimum absolute atomic E-state index is 0.0831. The fraction of sp³-hybridized carbons (Fsp3) is 0.500. The van der Waals surface area contributed by atoms with Crippen molar-refractivity contribution in [3.05, 3.63) is 29.8 Å². The third-order valence-electron chi connectivity index (χ3n) is 3.44. The van der Waals surface area contributed by atoms with Crippen molar-refractivity contribution in [3.63, 3.8) is 0 Å². The smallest absolute Gasteiger partial charge is 0.253 e. The maximum Gasteiger partial charge on any atom is 0.253 e. The Kier molecular flexibility index (Phi) is 4.76. The largest absolute Gasteiger partial charge is 0.348 e. The summed E-state index contributed by atoms with van der Waals surface area (Å²) in [6, 6.07) is 7.38. The Balaban J connectivity index is 1.92. The first-order chi connectivity index (χ1) is 9.20. The summed E-state index contributed by atoms with van der Waals surface area (Å²) in [5.41, 5.74) is 3.78. The van der Waals surface area contributed by atoms with Crippen LogP contribution < -0.4 is 16.6 Å². The number of nitrogens with one attached hydrogen (secondary N) is 2. The number of benzene rings is 1. The van der Waals surface area contributed by atoms with E-state index in [0.29, 0.717) is 11.3 Å². The van der Waals surface area contributed by atoms with Crippen LogP contribution in [0.3, 0.4) is 0 Å². The topological polar surface area (TPSA) is 70.4 Å². The molecule has 2 rings (SSSR count). The molecule has 1 aromatic rings. The predicted molar refractivity (Wildman–Crippen MR) is 76.9 cm³/mol. The first-order valence-electron chi connectivity index (χ1n) is 6.79. The molecule has 1 aromatic carbocycles. The molecular formula is C14H22N4O. The van der Waals surface area contributed by atoms with E-state index in [1.165, 1.54) is 12.8 Å². The van der Waals surface area contributed by atoms with Crippen molar-refractivity contribution in [3.8, 4) is 0 Å². The lowest BCUT2D eigenvalue weighted by Gasteiger charge is -2.21. The van der Waals surface area contributed by atoms with Crippen LogP contribution in [0.2, 0.25) is 0 Å². The van der Waals surface area contributed by atoms with Gasteiger partial charge in [0.1, 0.15) is 0 Å². The number of anilines is 1. The summed E-state index contributed by atoms with van der Waals surface area (Å²) < 4.78 is 0. The summed E-state index contributed by atoms with van der Waals surface area (Å²) in [4.78, 5) is 14.6. The number of nitrogens with zero attached hydrogens (tertiary/aromatic N) is 1. The van der Waals surface area contributed by atoms with Gasteiger partial charge in [0.25, 0.3) is 5.91 Å². The monoisotopic (exact) mass is 262 g/mol. The van der Waals surface area contributed by atoms with E-state index >= 15 is 0 Å². The molecule has 0 radical (unpaired) electrons. The fourth-order valence-electron chi connectivity index (χ4n) is 2.51. The van der Waals surface area contributed by atoms with Gasteiger partial charge in [0, 0.05) is 12.6 Å². The average molecular weight is 262 g/mol. The number of para-hydroxylation sites is 1. The van der Waals surface area contributed by atoms with Gasteiger partial charge in [-0.2, -0.15) is 0 Å². The number of hydrazine groups is 1. The number of amides is 1. The van der Waals surface area contributed by atoms with Gasteiger partial charge >= 0.3 is 0 Å². The van der Waals surface area contributed by atoms with Crippen molar-refractivity contribution in [1.29, 1.82) is 0 Å². The van der Waals surface area contributed by atoms with Crippen LogP contribution in [0.15, 0.2) is 24.3 Å². The zero-order chi connectivity index (χ0) is 13.7. The van der Waals surface area contributed by atoms with E-state index in [0.717, 1.165) is 19.6 Å². The van der Waals surface area contributed by atoms with E-state index in [4.69, 9.17) is 5.84 Å². The molecule has 0 spiro atoms. The van der Waals surface area contributed by atoms with Gasteiger partial charge in [-0.3, -0.25) is 10.6 Å². The molecule has 1 unspecified atom stereocenters. The molecule has 0 bridgehead atoms. The number of likely N-dealkylation sites (tertiary alicyclic amines) is 1. The molecule has 5 nitrogen and oxygen atoms in total. The maximum atomic E-state index is 12.2. The molecule has 1 amide bonds. The van der Waals surface area contributed by atoms with E-state index in [2.05, 4.69) is 15.6 Å². The molecule has 5 heteroatoms. The van der Waals surface area contributed by atoms with E-state index < -0.39 is 0 Å². The van der Waals surface area contributed by atoms with Gasteiger partial charge in [-0.1, -0.05) is 12.1 Å². The van der Waals surface area contributed by atoms with Gasteiger partial charge in [0.2, 0.25) is 0 Å². The van der Waals surface area contributed by atoms with Crippen molar-refractivity contribution in [1.82, 2.24) is 10.2 Å². The Hall–Kier alpha value is -1.59. The van der Waals surface area contributed by atoms with Gasteiger partial charge in [0.05, 0.1) is 11.3 Å². The van der Waals surface area contributed by atoms with Crippen LogP contribution in [0.1, 0.15) is 30.1 Å². The Bertz CT molecular complexity index is 429. The molecule has 1 aliphatic rings. The van der Waals surface area contributed by atoms with Crippen molar-refractivity contribution < 1.29 is 4.79 Å². The second-order valence-electron chi connectivity index (χ2n) is 5.07. The molecule has 0 aromatic heterocycles. The number of carbonyl (C=O) groups is 1. The van der Waals surface area contributed by atoms with Crippen molar-refractivity contribution in [2.75, 3.05) is 25.1 Å². The van der Waals surface area contributed by atoms with Crippen LogP contribution in [0.5, 0.6) is 0 Å². The van der Waals surface area contributed by atoms with Crippen LogP contribution >= 0.6 is 0 Å². The van der Waals surface area contributed by atoms with Gasteiger partial charge in [-0.25, -0.2) is 0 Å². The molecular weight excluding hydrogens is 240 g/mol. The first-order valence-corrected chi connectivity index (χ1v) is 6.79. The quantitative estimate of drug-likeness (QED) is 0.550. The lowest BCUT2D eigenvalue weighted by Crippen LogP contribution is -2.41. The van der Waals surface area contributed by atoms with E-state index in [9.17, 15) is 4.79 Å². The zero-order valence-corrected chi connectivity index (χ0v) is 11.4. The zero-order valence-electron chi connectivity index (χ0n) is 11.4. The van der Waals surface area contributed by atoms with Crippen LogP contribution in [0, 0.1) is 0 Å². The fourth-order valence-corrected chi connectivity index (χ4v) is 2.51. The highest BCUT2D eigenvalue weighted by atomic mass is 16.1. The molecule has 1 saturated heterocycles. The summed E-state index contributed by atoms with van der Waals surface area (Å²) in [5, 5.41) is 3.02. The summed E-state index contributed by atoms with van der Waals surface area (Å²) in [6.45, 7) is 5.22. The van der Waals surface area contributed by atoms with E-state index in [-0.39, 0.29) is 11.9 Å². The van der Waals surface area contributed by atoms with Crippen LogP contribution in [0.25, 0.3) is 0 Å². The lowest BCUT2D eigenvalue weighted by molar-refractivity contribution is 0.0932. The summed E-state index contributed by atoms with van der Waals surface area (Å²) >= 11 is 0. The Labute approximate surface area is 114 Å². The summed E-state index contributed by atoms with van der Waals surface area (Å²) in [6.07, 6.45) is 2.53. The van der Waals surface area contributed by atoms with Gasteiger partial charge in [0.15, 0.2) is 0 Å². The lowest BCUT2D eigenvalue weighted by atomic mass is 10.1. The van der Waals surface area contributed by atoms with Gasteiger partial charge < -0.3 is 15.6 Å². The van der Waals surface area contributed by atoms with Crippen LogP contribution in [-0.2, 0) is 0 Å². The predicted octanol–water partition coefficient (Wildman–Crippen LogP) is 1.19. The van der Waals surface area contributed by atoms with Gasteiger partial charge in [-0.15, -0.1) is 0 Å². The Morgan fingerprint density at radius 3 is 2.74 bits per heavy atom. The molecule has 1 atom stereocenters. The van der Waals surface area contributed by atoms with Crippen LogP contribution in [0.4, 0.5) is 5.69 Å². The second-order valence-corrected chi connectivity index (χ2v) is 5.07. The number of carbonyl (C=O) groups excluding carboxylic acids is 1. The van der Waals surface area contributed by atoms with E-state index in [1.807, 2.05) is 19.1 Å². The first kappa shape index (κ1) is 13.8. The second kappa shape index (κ2) is 6.54. The highest BCUT2D eigenvalue weighted by Gasteiger charge is 2.17. The third-order valence-corrected chi connectivity index (χ3v) is 3.44. The SMILES string of the molecule is CC(CN1CCCC1)NC(=O)c1ccccc1NN. The number of nitrogen functional groups attached to an aromatic ring is 1. The summed E-state index contributed by atoms with van der Waals surface area (Å²) in [7, 11) is 0. The highest BCUT2D eigenvalue weighted by Crippen LogP contribution is 2.14. The molecule has 1 heterocycles. The molecule has 1 aliphatic heterocycles. The average Bonchev–Trinajstić information content (AvgIpc) is 2.91. The van der Waals surface area contributed by atoms with Gasteiger partial charge in [-0.05, 0) is 45.0 Å². The minimum Gasteiger partial charge on any atom is -0.348 e. The highest BCUT2D eigenvalue weighted by molar-refractivity contribution is 5.99. The molecule has 4 N–H and O–H groups in total. The number of rotatable bonds is 5. The Morgan fingerprint density at radius 2 is 2.05 bits per heavy atom. The van der Waals surface area contributed by atoms with Crippen molar-refractivity contribution >= 4 is 11.6 Å². The number of hydrogen-bond acceptors (Lipinski definition) is 4. The molecule has 0 saturated carbocycles. The third kappa shape index (κ3) is 3.68. The minimum atomic E-state index is -0.0831. The molecule has 1 fully saturated rings.